The zero-order valence-corrected chi connectivity index (χ0v) is 9.93. The second kappa shape index (κ2) is 4.56. The number of ether oxygens (including phenoxy) is 1. The van der Waals surface area contributed by atoms with Gasteiger partial charge in [-0.3, -0.25) is 0 Å². The average Bonchev–Trinajstić information content (AvgIpc) is 2.27. The number of hydrogen-bond donors (Lipinski definition) is 1. The molecule has 0 bridgehead atoms. The number of halogens is 3. The maximum atomic E-state index is 12.5. The number of rotatable bonds is 3. The smallest absolute Gasteiger partial charge is 0.416 e. The molecule has 5 heteroatoms. The van der Waals surface area contributed by atoms with Crippen molar-refractivity contribution in [2.45, 2.75) is 25.4 Å². The van der Waals surface area contributed by atoms with E-state index in [9.17, 15) is 18.3 Å². The number of alkyl halides is 3. The minimum Gasteiger partial charge on any atom is -0.496 e. The minimum atomic E-state index is -4.39. The van der Waals surface area contributed by atoms with E-state index in [4.69, 9.17) is 4.74 Å². The Balaban J connectivity index is 3.29. The molecule has 17 heavy (non-hydrogen) atoms. The topological polar surface area (TPSA) is 29.5 Å². The zero-order valence-electron chi connectivity index (χ0n) is 9.93. The van der Waals surface area contributed by atoms with E-state index >= 15 is 0 Å². The molecule has 0 saturated heterocycles. The summed E-state index contributed by atoms with van der Waals surface area (Å²) in [7, 11) is 1.31. The molecule has 0 unspecified atom stereocenters. The summed E-state index contributed by atoms with van der Waals surface area (Å²) in [4.78, 5) is 0. The Labute approximate surface area is 98.0 Å². The molecular weight excluding hydrogens is 233 g/mol. The van der Waals surface area contributed by atoms with Gasteiger partial charge in [-0.05, 0) is 12.1 Å². The third-order valence-corrected chi connectivity index (χ3v) is 2.65. The molecule has 0 saturated carbocycles. The first-order valence-electron chi connectivity index (χ1n) is 5.09. The molecule has 96 valence electrons. The van der Waals surface area contributed by atoms with Crippen molar-refractivity contribution in [3.63, 3.8) is 0 Å². The van der Waals surface area contributed by atoms with Gasteiger partial charge in [-0.25, -0.2) is 0 Å². The van der Waals surface area contributed by atoms with Crippen LogP contribution in [0.5, 0.6) is 5.75 Å². The largest absolute Gasteiger partial charge is 0.496 e. The van der Waals surface area contributed by atoms with Gasteiger partial charge in [0, 0.05) is 11.0 Å². The van der Waals surface area contributed by atoms with Gasteiger partial charge in [0.05, 0.1) is 19.3 Å². The number of aliphatic hydroxyl groups excluding tert-OH is 1. The van der Waals surface area contributed by atoms with E-state index in [0.717, 1.165) is 12.1 Å². The first-order chi connectivity index (χ1) is 7.72. The van der Waals surface area contributed by atoms with Gasteiger partial charge in [0.25, 0.3) is 0 Å². The van der Waals surface area contributed by atoms with Crippen LogP contribution in [0.2, 0.25) is 0 Å². The van der Waals surface area contributed by atoms with E-state index in [1.54, 1.807) is 13.8 Å². The van der Waals surface area contributed by atoms with Crippen LogP contribution in [0.1, 0.15) is 25.0 Å². The maximum Gasteiger partial charge on any atom is 0.416 e. The molecule has 0 aromatic heterocycles. The Morgan fingerprint density at radius 2 is 1.82 bits per heavy atom. The van der Waals surface area contributed by atoms with Crippen molar-refractivity contribution in [1.29, 1.82) is 0 Å². The van der Waals surface area contributed by atoms with E-state index in [1.807, 2.05) is 0 Å². The first kappa shape index (κ1) is 13.8. The molecule has 1 N–H and O–H groups in total. The Morgan fingerprint density at radius 1 is 1.24 bits per heavy atom. The summed E-state index contributed by atoms with van der Waals surface area (Å²) in [5.41, 5.74) is -0.850. The standard InChI is InChI=1S/C12H15F3O2/c1-11(2,7-16)9-5-4-8(12(13,14)15)6-10(9)17-3/h4-6,16H,7H2,1-3H3. The molecule has 0 spiro atoms. The van der Waals surface area contributed by atoms with Gasteiger partial charge in [0.1, 0.15) is 5.75 Å². The molecule has 2 nitrogen and oxygen atoms in total. The molecule has 0 atom stereocenters. The van der Waals surface area contributed by atoms with Crippen LogP contribution in [0.4, 0.5) is 13.2 Å². The molecule has 0 radical (unpaired) electrons. The summed E-state index contributed by atoms with van der Waals surface area (Å²) in [6.07, 6.45) is -4.39. The van der Waals surface area contributed by atoms with Crippen LogP contribution >= 0.6 is 0 Å². The van der Waals surface area contributed by atoms with Crippen molar-refractivity contribution in [3.05, 3.63) is 29.3 Å². The van der Waals surface area contributed by atoms with Gasteiger partial charge in [-0.1, -0.05) is 19.9 Å². The van der Waals surface area contributed by atoms with Gasteiger partial charge in [-0.15, -0.1) is 0 Å². The molecule has 1 aromatic carbocycles. The second-order valence-electron chi connectivity index (χ2n) is 4.45. The van der Waals surface area contributed by atoms with Gasteiger partial charge >= 0.3 is 6.18 Å². The van der Waals surface area contributed by atoms with Gasteiger partial charge in [-0.2, -0.15) is 13.2 Å². The molecular formula is C12H15F3O2. The Hall–Kier alpha value is -1.23. The highest BCUT2D eigenvalue weighted by Gasteiger charge is 2.33. The molecule has 0 aliphatic carbocycles. The van der Waals surface area contributed by atoms with Gasteiger partial charge in [0.2, 0.25) is 0 Å². The fourth-order valence-electron chi connectivity index (χ4n) is 1.51. The summed E-state index contributed by atoms with van der Waals surface area (Å²) in [5, 5.41) is 9.22. The molecule has 1 aromatic rings. The summed E-state index contributed by atoms with van der Waals surface area (Å²) < 4.78 is 42.5. The predicted octanol–water partition coefficient (Wildman–Crippen LogP) is 2.98. The van der Waals surface area contributed by atoms with Crippen LogP contribution in [0, 0.1) is 0 Å². The third kappa shape index (κ3) is 2.91. The minimum absolute atomic E-state index is 0.138. The monoisotopic (exact) mass is 248 g/mol. The maximum absolute atomic E-state index is 12.5. The normalized spacial score (nSPS) is 12.6. The summed E-state index contributed by atoms with van der Waals surface area (Å²) in [6.45, 7) is 3.30. The molecule has 0 aliphatic heterocycles. The van der Waals surface area contributed by atoms with E-state index in [0.29, 0.717) is 5.56 Å². The molecule has 1 rings (SSSR count). The van der Waals surface area contributed by atoms with Crippen molar-refractivity contribution in [2.24, 2.45) is 0 Å². The Morgan fingerprint density at radius 3 is 2.24 bits per heavy atom. The van der Waals surface area contributed by atoms with Gasteiger partial charge < -0.3 is 9.84 Å². The lowest BCUT2D eigenvalue weighted by Crippen LogP contribution is -2.23. The number of aliphatic hydroxyl groups is 1. The molecule has 0 heterocycles. The lowest BCUT2D eigenvalue weighted by molar-refractivity contribution is -0.137. The van der Waals surface area contributed by atoms with E-state index in [-0.39, 0.29) is 12.4 Å². The van der Waals surface area contributed by atoms with Crippen molar-refractivity contribution >= 4 is 0 Å². The van der Waals surface area contributed by atoms with Crippen LogP contribution in [-0.2, 0) is 11.6 Å². The summed E-state index contributed by atoms with van der Waals surface area (Å²) in [6, 6.07) is 3.29. The molecule has 0 amide bonds. The lowest BCUT2D eigenvalue weighted by atomic mass is 9.84. The highest BCUT2D eigenvalue weighted by atomic mass is 19.4. The Bertz CT molecular complexity index is 397. The van der Waals surface area contributed by atoms with Crippen LogP contribution < -0.4 is 4.74 Å². The summed E-state index contributed by atoms with van der Waals surface area (Å²) in [5.74, 6) is 0.138. The van der Waals surface area contributed by atoms with Crippen LogP contribution in [0.25, 0.3) is 0 Å². The van der Waals surface area contributed by atoms with Crippen LogP contribution in [0.3, 0.4) is 0 Å². The number of methoxy groups -OCH3 is 1. The number of hydrogen-bond acceptors (Lipinski definition) is 2. The average molecular weight is 248 g/mol. The predicted molar refractivity (Wildman–Crippen MR) is 58.1 cm³/mol. The Kier molecular flexibility index (Phi) is 3.71. The lowest BCUT2D eigenvalue weighted by Gasteiger charge is -2.25. The highest BCUT2D eigenvalue weighted by molar-refractivity contribution is 5.42. The summed E-state index contributed by atoms with van der Waals surface area (Å²) >= 11 is 0. The fourth-order valence-corrected chi connectivity index (χ4v) is 1.51. The van der Waals surface area contributed by atoms with Crippen molar-refractivity contribution in [1.82, 2.24) is 0 Å². The van der Waals surface area contributed by atoms with E-state index < -0.39 is 17.2 Å². The second-order valence-corrected chi connectivity index (χ2v) is 4.45. The SMILES string of the molecule is COc1cc(C(F)(F)F)ccc1C(C)(C)CO. The molecule has 0 fully saturated rings. The fraction of sp³-hybridized carbons (Fsp3) is 0.500. The van der Waals surface area contributed by atoms with Crippen molar-refractivity contribution in [3.8, 4) is 5.75 Å². The van der Waals surface area contributed by atoms with E-state index in [1.165, 1.54) is 13.2 Å². The first-order valence-corrected chi connectivity index (χ1v) is 5.09. The highest BCUT2D eigenvalue weighted by Crippen LogP contribution is 2.37. The third-order valence-electron chi connectivity index (χ3n) is 2.65. The van der Waals surface area contributed by atoms with Gasteiger partial charge in [0.15, 0.2) is 0 Å². The molecule has 0 aliphatic rings. The quantitative estimate of drug-likeness (QED) is 0.891. The number of benzene rings is 1. The van der Waals surface area contributed by atoms with Crippen LogP contribution in [-0.4, -0.2) is 18.8 Å². The van der Waals surface area contributed by atoms with Crippen molar-refractivity contribution in [2.75, 3.05) is 13.7 Å². The van der Waals surface area contributed by atoms with E-state index in [2.05, 4.69) is 0 Å². The van der Waals surface area contributed by atoms with Crippen LogP contribution in [0.15, 0.2) is 18.2 Å². The zero-order chi connectivity index (χ0) is 13.3. The van der Waals surface area contributed by atoms with Crippen molar-refractivity contribution < 1.29 is 23.0 Å².